The van der Waals surface area contributed by atoms with Crippen molar-refractivity contribution in [1.29, 1.82) is 0 Å². The number of carbonyl (C=O) groups is 1. The summed E-state index contributed by atoms with van der Waals surface area (Å²) in [5.74, 6) is -1.71. The van der Waals surface area contributed by atoms with Gasteiger partial charge in [0, 0.05) is 5.56 Å². The van der Waals surface area contributed by atoms with Crippen LogP contribution in [0.1, 0.15) is 11.1 Å². The summed E-state index contributed by atoms with van der Waals surface area (Å²) in [6.45, 7) is 0. The summed E-state index contributed by atoms with van der Waals surface area (Å²) in [4.78, 5) is 11.9. The summed E-state index contributed by atoms with van der Waals surface area (Å²) in [5.41, 5.74) is 0.471. The first-order valence-electron chi connectivity index (χ1n) is 6.26. The number of methoxy groups -OCH3 is 1. The molecule has 0 bridgehead atoms. The Morgan fingerprint density at radius 2 is 1.64 bits per heavy atom. The van der Waals surface area contributed by atoms with Gasteiger partial charge in [-0.2, -0.15) is 0 Å². The molecule has 0 amide bonds. The van der Waals surface area contributed by atoms with Gasteiger partial charge in [-0.1, -0.05) is 6.07 Å². The fraction of sp³-hybridized carbons (Fsp3) is 0.0625. The van der Waals surface area contributed by atoms with Gasteiger partial charge in [-0.15, -0.1) is 0 Å². The van der Waals surface area contributed by atoms with Crippen LogP contribution >= 0.6 is 0 Å². The lowest BCUT2D eigenvalue weighted by molar-refractivity contribution is -0.133. The Labute approximate surface area is 126 Å². The molecular formula is C16H14O6. The van der Waals surface area contributed by atoms with Crippen molar-refractivity contribution >= 4 is 17.6 Å². The van der Waals surface area contributed by atoms with Crippen molar-refractivity contribution in [3.8, 4) is 23.0 Å². The van der Waals surface area contributed by atoms with Gasteiger partial charge in [0.2, 0.25) is 0 Å². The van der Waals surface area contributed by atoms with Gasteiger partial charge < -0.3 is 25.2 Å². The van der Waals surface area contributed by atoms with Crippen LogP contribution < -0.4 is 0 Å². The number of esters is 1. The monoisotopic (exact) mass is 302 g/mol. The fourth-order valence-electron chi connectivity index (χ4n) is 1.89. The number of benzene rings is 2. The number of ether oxygens (including phenoxy) is 1. The molecule has 22 heavy (non-hydrogen) atoms. The molecule has 0 aliphatic rings. The second-order valence-electron chi connectivity index (χ2n) is 4.50. The van der Waals surface area contributed by atoms with E-state index in [1.807, 2.05) is 0 Å². The van der Waals surface area contributed by atoms with Crippen LogP contribution in [-0.4, -0.2) is 33.5 Å². The molecule has 0 heterocycles. The average Bonchev–Trinajstić information content (AvgIpc) is 2.50. The normalized spacial score (nSPS) is 11.2. The second kappa shape index (κ2) is 6.09. The lowest BCUT2D eigenvalue weighted by Gasteiger charge is -2.09. The molecule has 2 aromatic carbocycles. The second-order valence-corrected chi connectivity index (χ2v) is 4.50. The highest BCUT2D eigenvalue weighted by atomic mass is 16.5. The highest BCUT2D eigenvalue weighted by Gasteiger charge is 2.17. The predicted octanol–water partition coefficient (Wildman–Crippen LogP) is 2.22. The van der Waals surface area contributed by atoms with E-state index in [1.54, 1.807) is 0 Å². The minimum atomic E-state index is -0.728. The zero-order valence-electron chi connectivity index (χ0n) is 11.6. The predicted molar refractivity (Wildman–Crippen MR) is 79.4 cm³/mol. The molecule has 2 aromatic rings. The Balaban J connectivity index is 2.59. The first-order chi connectivity index (χ1) is 10.4. The third kappa shape index (κ3) is 3.12. The molecule has 0 radical (unpaired) electrons. The average molecular weight is 302 g/mol. The van der Waals surface area contributed by atoms with E-state index >= 15 is 0 Å². The summed E-state index contributed by atoms with van der Waals surface area (Å²) in [5, 5.41) is 38.2. The van der Waals surface area contributed by atoms with Gasteiger partial charge in [0.05, 0.1) is 12.7 Å². The first kappa shape index (κ1) is 15.2. The van der Waals surface area contributed by atoms with Crippen LogP contribution in [0, 0.1) is 0 Å². The quantitative estimate of drug-likeness (QED) is 0.228. The molecular weight excluding hydrogens is 288 g/mol. The number of hydrogen-bond acceptors (Lipinski definition) is 6. The highest BCUT2D eigenvalue weighted by Crippen LogP contribution is 2.32. The minimum absolute atomic E-state index is 0.0130. The first-order valence-corrected chi connectivity index (χ1v) is 6.26. The SMILES string of the molecule is COC(=O)/C(=C/c1ccc(O)c(O)c1)c1cc(O)ccc1O. The summed E-state index contributed by atoms with van der Waals surface area (Å²) < 4.78 is 4.68. The Hall–Kier alpha value is -3.15. The van der Waals surface area contributed by atoms with Crippen molar-refractivity contribution in [2.75, 3.05) is 7.11 Å². The van der Waals surface area contributed by atoms with Crippen LogP contribution in [0.25, 0.3) is 11.6 Å². The third-order valence-electron chi connectivity index (χ3n) is 2.99. The lowest BCUT2D eigenvalue weighted by Crippen LogP contribution is -2.04. The van der Waals surface area contributed by atoms with E-state index in [4.69, 9.17) is 0 Å². The Bertz CT molecular complexity index is 748. The van der Waals surface area contributed by atoms with Crippen LogP contribution in [0.15, 0.2) is 36.4 Å². The lowest BCUT2D eigenvalue weighted by atomic mass is 10.0. The van der Waals surface area contributed by atoms with Crippen molar-refractivity contribution in [2.24, 2.45) is 0 Å². The molecule has 114 valence electrons. The van der Waals surface area contributed by atoms with Crippen molar-refractivity contribution < 1.29 is 30.0 Å². The number of phenolic OH excluding ortho intramolecular Hbond substituents is 4. The van der Waals surface area contributed by atoms with Gasteiger partial charge in [-0.25, -0.2) is 4.79 Å². The molecule has 6 nitrogen and oxygen atoms in total. The van der Waals surface area contributed by atoms with E-state index < -0.39 is 5.97 Å². The van der Waals surface area contributed by atoms with E-state index in [0.29, 0.717) is 5.56 Å². The fourth-order valence-corrected chi connectivity index (χ4v) is 1.89. The Kier molecular flexibility index (Phi) is 4.22. The van der Waals surface area contributed by atoms with E-state index in [2.05, 4.69) is 4.74 Å². The molecule has 6 heteroatoms. The maximum atomic E-state index is 11.9. The van der Waals surface area contributed by atoms with E-state index in [9.17, 15) is 25.2 Å². The molecule has 0 fully saturated rings. The molecule has 0 spiro atoms. The van der Waals surface area contributed by atoms with Gasteiger partial charge >= 0.3 is 5.97 Å². The number of aromatic hydroxyl groups is 4. The number of carbonyl (C=O) groups excluding carboxylic acids is 1. The van der Waals surface area contributed by atoms with E-state index in [-0.39, 0.29) is 34.1 Å². The van der Waals surface area contributed by atoms with Crippen molar-refractivity contribution in [1.82, 2.24) is 0 Å². The molecule has 0 aromatic heterocycles. The van der Waals surface area contributed by atoms with Crippen LogP contribution in [0.5, 0.6) is 23.0 Å². The largest absolute Gasteiger partial charge is 0.508 e. The minimum Gasteiger partial charge on any atom is -0.508 e. The topological polar surface area (TPSA) is 107 Å². The summed E-state index contributed by atoms with van der Waals surface area (Å²) in [6.07, 6.45) is 1.36. The summed E-state index contributed by atoms with van der Waals surface area (Å²) >= 11 is 0. The van der Waals surface area contributed by atoms with Gasteiger partial charge in [0.1, 0.15) is 11.5 Å². The molecule has 2 rings (SSSR count). The standard InChI is InChI=1S/C16H14O6/c1-22-16(21)12(11-8-10(17)3-5-13(11)18)6-9-2-4-14(19)15(20)7-9/h2-8,17-20H,1H3/b12-6+. The number of rotatable bonds is 3. The maximum Gasteiger partial charge on any atom is 0.338 e. The number of phenols is 4. The maximum absolute atomic E-state index is 11.9. The molecule has 0 saturated carbocycles. The molecule has 0 saturated heterocycles. The zero-order chi connectivity index (χ0) is 16.3. The molecule has 4 N–H and O–H groups in total. The Morgan fingerprint density at radius 1 is 0.955 bits per heavy atom. The van der Waals surface area contributed by atoms with Crippen LogP contribution in [0.2, 0.25) is 0 Å². The molecule has 0 aliphatic heterocycles. The van der Waals surface area contributed by atoms with Crippen molar-refractivity contribution in [2.45, 2.75) is 0 Å². The van der Waals surface area contributed by atoms with E-state index in [1.165, 1.54) is 49.6 Å². The molecule has 0 aliphatic carbocycles. The molecule has 0 unspecified atom stereocenters. The van der Waals surface area contributed by atoms with Crippen LogP contribution in [0.3, 0.4) is 0 Å². The zero-order valence-corrected chi connectivity index (χ0v) is 11.6. The van der Waals surface area contributed by atoms with Crippen LogP contribution in [-0.2, 0) is 9.53 Å². The van der Waals surface area contributed by atoms with Gasteiger partial charge in [-0.3, -0.25) is 0 Å². The Morgan fingerprint density at radius 3 is 2.27 bits per heavy atom. The molecule has 0 atom stereocenters. The van der Waals surface area contributed by atoms with Gasteiger partial charge in [0.25, 0.3) is 0 Å². The van der Waals surface area contributed by atoms with Crippen molar-refractivity contribution in [3.05, 3.63) is 47.5 Å². The highest BCUT2D eigenvalue weighted by molar-refractivity contribution is 6.22. The van der Waals surface area contributed by atoms with E-state index in [0.717, 1.165) is 0 Å². The smallest absolute Gasteiger partial charge is 0.338 e. The number of hydrogen-bond donors (Lipinski definition) is 4. The summed E-state index contributed by atoms with van der Waals surface area (Å²) in [7, 11) is 1.18. The summed E-state index contributed by atoms with van der Waals surface area (Å²) in [6, 6.07) is 7.72. The van der Waals surface area contributed by atoms with Gasteiger partial charge in [0.15, 0.2) is 11.5 Å². The van der Waals surface area contributed by atoms with Gasteiger partial charge in [-0.05, 0) is 42.0 Å². The third-order valence-corrected chi connectivity index (χ3v) is 2.99. The van der Waals surface area contributed by atoms with Crippen molar-refractivity contribution in [3.63, 3.8) is 0 Å². The van der Waals surface area contributed by atoms with Crippen LogP contribution in [0.4, 0.5) is 0 Å².